The number of benzene rings is 1. The van der Waals surface area contributed by atoms with Crippen molar-refractivity contribution < 1.29 is 13.9 Å². The number of nitrogens with zero attached hydrogens (tertiary/aromatic N) is 2. The van der Waals surface area contributed by atoms with Crippen LogP contribution >= 0.6 is 27.5 Å². The average molecular weight is 509 g/mol. The molecule has 31 heavy (non-hydrogen) atoms. The third-order valence-corrected chi connectivity index (χ3v) is 7.05. The van der Waals surface area contributed by atoms with Crippen molar-refractivity contribution in [1.82, 2.24) is 15.3 Å². The van der Waals surface area contributed by atoms with E-state index in [4.69, 9.17) is 16.3 Å². The Balaban J connectivity index is 1.46. The highest BCUT2D eigenvalue weighted by molar-refractivity contribution is 9.10. The van der Waals surface area contributed by atoms with Crippen LogP contribution in [0.2, 0.25) is 5.02 Å². The van der Waals surface area contributed by atoms with Crippen molar-refractivity contribution >= 4 is 61.2 Å². The highest BCUT2D eigenvalue weighted by Crippen LogP contribution is 2.55. The number of aromatic amines is 1. The number of hydrogen-bond donors (Lipinski definition) is 2. The van der Waals surface area contributed by atoms with E-state index in [0.717, 1.165) is 41.5 Å². The highest BCUT2D eigenvalue weighted by atomic mass is 79.9. The monoisotopic (exact) mass is 507 g/mol. The number of ether oxygens (including phenoxy) is 1. The maximum Gasteiger partial charge on any atom is 0.407 e. The molecule has 9 heteroatoms. The Morgan fingerprint density at radius 2 is 2.26 bits per heavy atom. The lowest BCUT2D eigenvalue weighted by atomic mass is 10.1. The minimum absolute atomic E-state index is 0.0131. The molecule has 3 aromatic rings. The minimum Gasteiger partial charge on any atom is -0.444 e. The minimum atomic E-state index is -0.526. The van der Waals surface area contributed by atoms with Gasteiger partial charge in [-0.05, 0) is 55.6 Å². The number of pyridine rings is 1. The van der Waals surface area contributed by atoms with E-state index in [1.165, 1.54) is 6.07 Å². The van der Waals surface area contributed by atoms with Gasteiger partial charge in [0.2, 0.25) is 0 Å². The van der Waals surface area contributed by atoms with E-state index in [1.54, 1.807) is 6.20 Å². The van der Waals surface area contributed by atoms with Crippen LogP contribution in [-0.2, 0) is 4.74 Å². The predicted molar refractivity (Wildman–Crippen MR) is 122 cm³/mol. The van der Waals surface area contributed by atoms with Crippen molar-refractivity contribution in [2.24, 2.45) is 5.41 Å². The summed E-state index contributed by atoms with van der Waals surface area (Å²) < 4.78 is 20.4. The summed E-state index contributed by atoms with van der Waals surface area (Å²) in [6, 6.07) is 4.23. The van der Waals surface area contributed by atoms with Gasteiger partial charge in [-0.15, -0.1) is 0 Å². The zero-order valence-corrected chi connectivity index (χ0v) is 19.7. The van der Waals surface area contributed by atoms with Gasteiger partial charge in [-0.2, -0.15) is 0 Å². The average Bonchev–Trinajstić information content (AvgIpc) is 3.00. The molecule has 1 aromatic carbocycles. The molecule has 1 saturated carbocycles. The molecule has 2 aromatic heterocycles. The standard InChI is InChI=1S/C22H22BrClFN4O2/c1-21(2,3)31-20(30)28-14-8-22(14)6-7-29(10-22)18-11(23)9-26-19-16(18)15-13(27-19)5-4-12(25)17(15)24/h4,9,14H,6-8,10H2,1-3H3,(H,26,27)(H,28,30)/t14-,22+/m0/s1. The van der Waals surface area contributed by atoms with Gasteiger partial charge in [0.1, 0.15) is 17.1 Å². The second kappa shape index (κ2) is 6.97. The molecule has 1 aliphatic carbocycles. The Morgan fingerprint density at radius 1 is 1.48 bits per heavy atom. The first-order chi connectivity index (χ1) is 14.6. The Morgan fingerprint density at radius 3 is 3.00 bits per heavy atom. The summed E-state index contributed by atoms with van der Waals surface area (Å²) in [5, 5.41) is 4.44. The summed E-state index contributed by atoms with van der Waals surface area (Å²) in [7, 11) is 0. The summed E-state index contributed by atoms with van der Waals surface area (Å²) in [6.45, 7) is 7.14. The molecule has 2 fully saturated rings. The largest absolute Gasteiger partial charge is 0.444 e. The fourth-order valence-electron chi connectivity index (χ4n) is 4.61. The normalized spacial score (nSPS) is 23.2. The van der Waals surface area contributed by atoms with E-state index in [1.807, 2.05) is 20.8 Å². The fourth-order valence-corrected chi connectivity index (χ4v) is 5.41. The van der Waals surface area contributed by atoms with E-state index in [9.17, 15) is 9.18 Å². The number of anilines is 1. The molecule has 2 N–H and O–H groups in total. The Bertz CT molecular complexity index is 1220. The highest BCUT2D eigenvalue weighted by Gasteiger charge is 2.58. The number of halogens is 3. The first kappa shape index (κ1) is 20.8. The van der Waals surface area contributed by atoms with E-state index >= 15 is 0 Å². The molecule has 1 radical (unpaired) electrons. The van der Waals surface area contributed by atoms with E-state index in [2.05, 4.69) is 42.2 Å². The third kappa shape index (κ3) is 3.53. The van der Waals surface area contributed by atoms with Crippen LogP contribution in [0.3, 0.4) is 0 Å². The van der Waals surface area contributed by atoms with Gasteiger partial charge in [0.15, 0.2) is 0 Å². The van der Waals surface area contributed by atoms with Crippen molar-refractivity contribution in [2.45, 2.75) is 45.3 Å². The van der Waals surface area contributed by atoms with Crippen molar-refractivity contribution in [3.8, 4) is 0 Å². The number of H-pyrrole nitrogens is 1. The van der Waals surface area contributed by atoms with Gasteiger partial charge in [-0.1, -0.05) is 11.6 Å². The van der Waals surface area contributed by atoms with E-state index < -0.39 is 11.4 Å². The Kier molecular flexibility index (Phi) is 4.68. The number of rotatable bonds is 2. The summed E-state index contributed by atoms with van der Waals surface area (Å²) >= 11 is 9.97. The first-order valence-electron chi connectivity index (χ1n) is 10.2. The van der Waals surface area contributed by atoms with Crippen LogP contribution in [-0.4, -0.2) is 40.8 Å². The van der Waals surface area contributed by atoms with Crippen molar-refractivity contribution in [3.63, 3.8) is 0 Å². The van der Waals surface area contributed by atoms with Gasteiger partial charge in [0.05, 0.1) is 26.1 Å². The summed E-state index contributed by atoms with van der Waals surface area (Å²) in [6.07, 6.45) is 3.21. The number of fused-ring (bicyclic) bond motifs is 3. The number of hydrogen-bond acceptors (Lipinski definition) is 4. The number of carbonyl (C=O) groups excluding carboxylic acids is 1. The molecule has 1 saturated heterocycles. The van der Waals surface area contributed by atoms with Gasteiger partial charge in [-0.3, -0.25) is 0 Å². The van der Waals surface area contributed by atoms with Crippen LogP contribution < -0.4 is 10.2 Å². The van der Waals surface area contributed by atoms with E-state index in [-0.39, 0.29) is 22.6 Å². The van der Waals surface area contributed by atoms with Crippen LogP contribution in [0.1, 0.15) is 33.6 Å². The smallest absolute Gasteiger partial charge is 0.407 e. The lowest BCUT2D eigenvalue weighted by Crippen LogP contribution is -2.36. The molecule has 1 aliphatic heterocycles. The number of amides is 1. The van der Waals surface area contributed by atoms with Crippen molar-refractivity contribution in [1.29, 1.82) is 0 Å². The topological polar surface area (TPSA) is 70.2 Å². The molecule has 6 nitrogen and oxygen atoms in total. The van der Waals surface area contributed by atoms with Crippen LogP contribution in [0.4, 0.5) is 14.9 Å². The molecular formula is C22H22BrClFN4O2. The number of nitrogens with one attached hydrogen (secondary N) is 2. The molecular weight excluding hydrogens is 487 g/mol. The second-order valence-corrected chi connectivity index (χ2v) is 10.7. The molecule has 2 atom stereocenters. The van der Waals surface area contributed by atoms with Gasteiger partial charge >= 0.3 is 6.09 Å². The molecule has 0 unspecified atom stereocenters. The van der Waals surface area contributed by atoms with Gasteiger partial charge in [0.25, 0.3) is 0 Å². The molecule has 0 bridgehead atoms. The van der Waals surface area contributed by atoms with Crippen molar-refractivity contribution in [2.75, 3.05) is 18.0 Å². The Labute approximate surface area is 192 Å². The summed E-state index contributed by atoms with van der Waals surface area (Å²) in [5.74, 6) is -0.511. The van der Waals surface area contributed by atoms with Crippen molar-refractivity contribution in [3.05, 3.63) is 33.6 Å². The van der Waals surface area contributed by atoms with Crippen LogP contribution in [0.5, 0.6) is 0 Å². The van der Waals surface area contributed by atoms with E-state index in [0.29, 0.717) is 16.6 Å². The van der Waals surface area contributed by atoms with Gasteiger partial charge < -0.3 is 19.9 Å². The van der Waals surface area contributed by atoms with Gasteiger partial charge in [0, 0.05) is 42.2 Å². The van der Waals surface area contributed by atoms with Crippen LogP contribution in [0.15, 0.2) is 16.7 Å². The Hall–Kier alpha value is -2.06. The molecule has 1 amide bonds. The SMILES string of the molecule is CC(C)(C)OC(=O)N[C@H]1C[C@@]12CCN(c1c(Br)cnc3[nH]c4[c]cc(F)c(Cl)c4c13)C2. The molecule has 5 rings (SSSR count). The molecule has 3 heterocycles. The molecule has 163 valence electrons. The quantitative estimate of drug-likeness (QED) is 0.475. The zero-order valence-electron chi connectivity index (χ0n) is 17.4. The number of alkyl carbamates (subject to hydrolysis) is 1. The maximum absolute atomic E-state index is 14.2. The lowest BCUT2D eigenvalue weighted by molar-refractivity contribution is 0.0517. The van der Waals surface area contributed by atoms with Crippen LogP contribution in [0.25, 0.3) is 21.9 Å². The maximum atomic E-state index is 14.2. The first-order valence-corrected chi connectivity index (χ1v) is 11.4. The predicted octanol–water partition coefficient (Wildman–Crippen LogP) is 5.56. The number of aromatic nitrogens is 2. The third-order valence-electron chi connectivity index (χ3n) is 6.10. The fraction of sp³-hybridized carbons (Fsp3) is 0.455. The summed E-state index contributed by atoms with van der Waals surface area (Å²) in [5.41, 5.74) is 1.67. The zero-order chi connectivity index (χ0) is 22.1. The summed E-state index contributed by atoms with van der Waals surface area (Å²) in [4.78, 5) is 22.1. The van der Waals surface area contributed by atoms with Crippen LogP contribution in [0, 0.1) is 17.3 Å². The number of carbonyl (C=O) groups is 1. The second-order valence-electron chi connectivity index (χ2n) is 9.44. The lowest BCUT2D eigenvalue weighted by Gasteiger charge is -2.22. The molecule has 2 aliphatic rings. The van der Waals surface area contributed by atoms with Gasteiger partial charge in [-0.25, -0.2) is 14.2 Å². The molecule has 1 spiro atoms.